The van der Waals surface area contributed by atoms with Crippen LogP contribution in [0.4, 0.5) is 8.78 Å². The molecule has 3 unspecified atom stereocenters. The minimum Gasteiger partial charge on any atom is -0.353 e. The summed E-state index contributed by atoms with van der Waals surface area (Å²) in [6, 6.07) is 1.81. The van der Waals surface area contributed by atoms with Crippen LogP contribution in [0.15, 0.2) is 18.2 Å². The lowest BCUT2D eigenvalue weighted by atomic mass is 9.83. The van der Waals surface area contributed by atoms with Gasteiger partial charge >= 0.3 is 0 Å². The molecule has 27 heavy (non-hydrogen) atoms. The fraction of sp³-hybridized carbons (Fsp3) is 0.600. The first-order chi connectivity index (χ1) is 12.7. The highest BCUT2D eigenvalue weighted by atomic mass is 19.1. The second-order valence-electron chi connectivity index (χ2n) is 7.97. The Kier molecular flexibility index (Phi) is 5.51. The lowest BCUT2D eigenvalue weighted by Crippen LogP contribution is -2.57. The third-order valence-electron chi connectivity index (χ3n) is 5.25. The zero-order valence-corrected chi connectivity index (χ0v) is 15.9. The molecule has 1 saturated carbocycles. The zero-order valence-electron chi connectivity index (χ0n) is 15.9. The molecule has 1 spiro atoms. The highest BCUT2D eigenvalue weighted by Crippen LogP contribution is 2.43. The number of nitrogens with zero attached hydrogens (tertiary/aromatic N) is 1. The topological polar surface area (TPSA) is 58.6 Å². The number of amides is 2. The van der Waals surface area contributed by atoms with Crippen molar-refractivity contribution in [3.8, 4) is 0 Å². The second-order valence-corrected chi connectivity index (χ2v) is 7.97. The summed E-state index contributed by atoms with van der Waals surface area (Å²) in [5, 5.41) is 2.82. The molecule has 0 radical (unpaired) electrons. The van der Waals surface area contributed by atoms with Crippen LogP contribution in [0.2, 0.25) is 0 Å². The van der Waals surface area contributed by atoms with Gasteiger partial charge in [-0.2, -0.15) is 0 Å². The van der Waals surface area contributed by atoms with E-state index < -0.39 is 29.3 Å². The molecule has 0 bridgehead atoms. The number of halogens is 2. The van der Waals surface area contributed by atoms with Gasteiger partial charge in [-0.3, -0.25) is 14.5 Å². The van der Waals surface area contributed by atoms with E-state index in [1.165, 1.54) is 4.90 Å². The van der Waals surface area contributed by atoms with Gasteiger partial charge in [-0.1, -0.05) is 13.3 Å². The second kappa shape index (κ2) is 7.54. The molecule has 148 valence electrons. The van der Waals surface area contributed by atoms with Crippen molar-refractivity contribution in [3.05, 3.63) is 35.4 Å². The van der Waals surface area contributed by atoms with E-state index >= 15 is 0 Å². The van der Waals surface area contributed by atoms with Crippen LogP contribution in [-0.2, 0) is 9.53 Å². The van der Waals surface area contributed by atoms with Crippen molar-refractivity contribution in [2.75, 3.05) is 6.61 Å². The van der Waals surface area contributed by atoms with Crippen LogP contribution < -0.4 is 5.32 Å². The zero-order chi connectivity index (χ0) is 19.8. The van der Waals surface area contributed by atoms with Crippen LogP contribution in [-0.4, -0.2) is 41.1 Å². The van der Waals surface area contributed by atoms with Crippen molar-refractivity contribution in [2.45, 2.75) is 64.3 Å². The number of carbonyl (C=O) groups excluding carboxylic acids is 2. The van der Waals surface area contributed by atoms with E-state index in [0.29, 0.717) is 18.8 Å². The monoisotopic (exact) mass is 380 g/mol. The van der Waals surface area contributed by atoms with E-state index in [1.807, 2.05) is 13.8 Å². The van der Waals surface area contributed by atoms with Crippen molar-refractivity contribution >= 4 is 11.8 Å². The minimum atomic E-state index is -0.906. The van der Waals surface area contributed by atoms with Gasteiger partial charge < -0.3 is 10.1 Å². The average molecular weight is 380 g/mol. The van der Waals surface area contributed by atoms with Crippen molar-refractivity contribution < 1.29 is 23.1 Å². The van der Waals surface area contributed by atoms with Crippen molar-refractivity contribution in [3.63, 3.8) is 0 Å². The normalized spacial score (nSPS) is 28.0. The molecule has 1 aliphatic heterocycles. The number of ether oxygens (including phenoxy) is 1. The molecule has 1 N–H and O–H groups in total. The van der Waals surface area contributed by atoms with Gasteiger partial charge in [0.25, 0.3) is 5.91 Å². The Morgan fingerprint density at radius 1 is 1.26 bits per heavy atom. The lowest BCUT2D eigenvalue weighted by molar-refractivity contribution is -0.128. The largest absolute Gasteiger partial charge is 0.353 e. The summed E-state index contributed by atoms with van der Waals surface area (Å²) in [5.41, 5.74) is -1.02. The molecule has 7 heteroatoms. The van der Waals surface area contributed by atoms with E-state index in [9.17, 15) is 18.4 Å². The number of carbonyl (C=O) groups is 2. The van der Waals surface area contributed by atoms with Gasteiger partial charge in [-0.25, -0.2) is 8.78 Å². The Morgan fingerprint density at radius 3 is 2.52 bits per heavy atom. The number of hydrogen-bond acceptors (Lipinski definition) is 3. The molecule has 5 nitrogen and oxygen atoms in total. The standard InChI is InChI=1S/C20H26F2N2O3/c1-12(2)23-18(25)17-11-27-20(6-4-5-13(3)10-20)24(17)19(26)14-7-15(21)9-16(22)8-14/h7-9,12-13,17H,4-6,10-11H2,1-3H3,(H,23,25). The van der Waals surface area contributed by atoms with Crippen LogP contribution in [0.1, 0.15) is 56.8 Å². The Morgan fingerprint density at radius 2 is 1.93 bits per heavy atom. The van der Waals surface area contributed by atoms with Crippen molar-refractivity contribution in [1.29, 1.82) is 0 Å². The third kappa shape index (κ3) is 3.98. The van der Waals surface area contributed by atoms with E-state index in [4.69, 9.17) is 4.74 Å². The SMILES string of the molecule is CC1CCCC2(C1)OCC(C(=O)NC(C)C)N2C(=O)c1cc(F)cc(F)c1. The van der Waals surface area contributed by atoms with Gasteiger partial charge in [-0.05, 0) is 51.2 Å². The first-order valence-corrected chi connectivity index (χ1v) is 9.46. The van der Waals surface area contributed by atoms with Crippen molar-refractivity contribution in [2.24, 2.45) is 5.92 Å². The van der Waals surface area contributed by atoms with Gasteiger partial charge in [0.2, 0.25) is 5.91 Å². The smallest absolute Gasteiger partial charge is 0.257 e. The molecule has 2 aliphatic rings. The number of hydrogen-bond donors (Lipinski definition) is 1. The quantitative estimate of drug-likeness (QED) is 0.876. The summed E-state index contributed by atoms with van der Waals surface area (Å²) in [5.74, 6) is -2.22. The van der Waals surface area contributed by atoms with Crippen LogP contribution in [0.3, 0.4) is 0 Å². The molecule has 1 saturated heterocycles. The minimum absolute atomic E-state index is 0.0782. The Bertz CT molecular complexity index is 720. The van der Waals surface area contributed by atoms with E-state index in [1.54, 1.807) is 0 Å². The highest BCUT2D eigenvalue weighted by Gasteiger charge is 2.54. The van der Waals surface area contributed by atoms with Crippen LogP contribution in [0.25, 0.3) is 0 Å². The summed E-state index contributed by atoms with van der Waals surface area (Å²) in [7, 11) is 0. The Balaban J connectivity index is 1.99. The molecule has 2 fully saturated rings. The van der Waals surface area contributed by atoms with Crippen LogP contribution in [0, 0.1) is 17.6 Å². The molecule has 1 aromatic rings. The number of rotatable bonds is 3. The molecular formula is C20H26F2N2O3. The van der Waals surface area contributed by atoms with Gasteiger partial charge in [-0.15, -0.1) is 0 Å². The first-order valence-electron chi connectivity index (χ1n) is 9.46. The molecule has 1 heterocycles. The first kappa shape index (κ1) is 19.7. The maximum atomic E-state index is 13.7. The molecule has 1 aliphatic carbocycles. The summed E-state index contributed by atoms with van der Waals surface area (Å²) in [4.78, 5) is 27.4. The molecule has 2 amide bonds. The van der Waals surface area contributed by atoms with Crippen LogP contribution >= 0.6 is 0 Å². The van der Waals surface area contributed by atoms with Gasteiger partial charge in [0.1, 0.15) is 23.4 Å². The Labute approximate surface area is 158 Å². The molecular weight excluding hydrogens is 354 g/mol. The maximum Gasteiger partial charge on any atom is 0.257 e. The Hall–Kier alpha value is -2.02. The summed E-state index contributed by atoms with van der Waals surface area (Å²) < 4.78 is 33.4. The summed E-state index contributed by atoms with van der Waals surface area (Å²) in [6.07, 6.45) is 3.08. The fourth-order valence-corrected chi connectivity index (χ4v) is 4.20. The molecule has 3 atom stereocenters. The van der Waals surface area contributed by atoms with Gasteiger partial charge in [0.05, 0.1) is 6.61 Å². The fourth-order valence-electron chi connectivity index (χ4n) is 4.20. The van der Waals surface area contributed by atoms with Gasteiger partial charge in [0.15, 0.2) is 0 Å². The predicted octanol–water partition coefficient (Wildman–Crippen LogP) is 3.24. The van der Waals surface area contributed by atoms with Gasteiger partial charge in [0, 0.05) is 17.7 Å². The third-order valence-corrected chi connectivity index (χ3v) is 5.25. The van der Waals surface area contributed by atoms with E-state index in [2.05, 4.69) is 12.2 Å². The summed E-state index contributed by atoms with van der Waals surface area (Å²) >= 11 is 0. The number of nitrogens with one attached hydrogen (secondary N) is 1. The molecule has 3 rings (SSSR count). The maximum absolute atomic E-state index is 13.7. The predicted molar refractivity (Wildman–Crippen MR) is 95.9 cm³/mol. The highest BCUT2D eigenvalue weighted by molar-refractivity contribution is 5.98. The van der Waals surface area contributed by atoms with E-state index in [0.717, 1.165) is 31.0 Å². The van der Waals surface area contributed by atoms with Crippen molar-refractivity contribution in [1.82, 2.24) is 10.2 Å². The molecule has 0 aromatic heterocycles. The number of benzene rings is 1. The summed E-state index contributed by atoms with van der Waals surface area (Å²) in [6.45, 7) is 5.83. The van der Waals surface area contributed by atoms with Crippen LogP contribution in [0.5, 0.6) is 0 Å². The average Bonchev–Trinajstić information content (AvgIpc) is 2.91. The molecule has 1 aromatic carbocycles. The van der Waals surface area contributed by atoms with E-state index in [-0.39, 0.29) is 24.1 Å². The lowest BCUT2D eigenvalue weighted by Gasteiger charge is -2.43.